The highest BCUT2D eigenvalue weighted by atomic mass is 16.4. The second kappa shape index (κ2) is 5.91. The Balaban J connectivity index is 1.86. The number of carbonyl (C=O) groups excluding carboxylic acids is 1. The summed E-state index contributed by atoms with van der Waals surface area (Å²) in [6.07, 6.45) is 7.23. The Morgan fingerprint density at radius 2 is 2.05 bits per heavy atom. The molecule has 0 radical (unpaired) electrons. The third-order valence-corrected chi connectivity index (χ3v) is 3.80. The van der Waals surface area contributed by atoms with Crippen molar-refractivity contribution in [2.45, 2.75) is 45.1 Å². The molecule has 5 nitrogen and oxygen atoms in total. The zero-order valence-electron chi connectivity index (χ0n) is 10.9. The normalized spacial score (nSPS) is 17.3. The maximum absolute atomic E-state index is 11.9. The van der Waals surface area contributed by atoms with Gasteiger partial charge in [-0.15, -0.1) is 0 Å². The van der Waals surface area contributed by atoms with E-state index in [9.17, 15) is 9.59 Å². The third-order valence-electron chi connectivity index (χ3n) is 3.80. The van der Waals surface area contributed by atoms with Gasteiger partial charge in [0.25, 0.3) is 0 Å². The van der Waals surface area contributed by atoms with Crippen LogP contribution in [0.15, 0.2) is 23.0 Å². The van der Waals surface area contributed by atoms with Gasteiger partial charge in [0.1, 0.15) is 0 Å². The number of hydrogen-bond acceptors (Lipinski definition) is 3. The van der Waals surface area contributed by atoms with Gasteiger partial charge in [-0.3, -0.25) is 9.59 Å². The van der Waals surface area contributed by atoms with Crippen LogP contribution in [0, 0.1) is 5.41 Å². The van der Waals surface area contributed by atoms with Gasteiger partial charge in [-0.2, -0.15) is 0 Å². The molecule has 1 aromatic heterocycles. The molecular formula is C14H19NO4. The zero-order chi connectivity index (χ0) is 13.7. The van der Waals surface area contributed by atoms with Crippen molar-refractivity contribution in [1.29, 1.82) is 0 Å². The molecular weight excluding hydrogens is 246 g/mol. The van der Waals surface area contributed by atoms with Crippen LogP contribution in [-0.2, 0) is 16.1 Å². The smallest absolute Gasteiger partial charge is 0.303 e. The quantitative estimate of drug-likeness (QED) is 0.827. The van der Waals surface area contributed by atoms with Gasteiger partial charge >= 0.3 is 5.97 Å². The topological polar surface area (TPSA) is 79.5 Å². The molecule has 2 rings (SSSR count). The molecule has 1 saturated carbocycles. The van der Waals surface area contributed by atoms with E-state index < -0.39 is 5.97 Å². The maximum atomic E-state index is 11.9. The first-order valence-corrected chi connectivity index (χ1v) is 6.59. The molecule has 1 aromatic rings. The van der Waals surface area contributed by atoms with Crippen LogP contribution in [0.2, 0.25) is 0 Å². The van der Waals surface area contributed by atoms with Crippen LogP contribution in [-0.4, -0.2) is 17.0 Å². The Hall–Kier alpha value is -1.78. The number of hydrogen-bond donors (Lipinski definition) is 2. The minimum absolute atomic E-state index is 0.0793. The number of rotatable bonds is 6. The molecule has 0 spiro atoms. The Bertz CT molecular complexity index is 432. The fourth-order valence-electron chi connectivity index (χ4n) is 2.86. The average molecular weight is 265 g/mol. The Kier molecular flexibility index (Phi) is 4.24. The first-order chi connectivity index (χ1) is 9.10. The molecule has 0 unspecified atom stereocenters. The molecule has 0 aromatic carbocycles. The number of furan rings is 1. The summed E-state index contributed by atoms with van der Waals surface area (Å²) in [5.41, 5.74) is 0.568. The minimum Gasteiger partial charge on any atom is -0.481 e. The predicted octanol–water partition coefficient (Wildman–Crippen LogP) is 2.32. The Morgan fingerprint density at radius 3 is 2.63 bits per heavy atom. The van der Waals surface area contributed by atoms with Gasteiger partial charge in [0.2, 0.25) is 5.91 Å². The van der Waals surface area contributed by atoms with Crippen LogP contribution in [0.1, 0.15) is 44.1 Å². The lowest BCUT2D eigenvalue weighted by molar-refractivity contribution is -0.140. The molecule has 1 aliphatic rings. The van der Waals surface area contributed by atoms with Crippen LogP contribution in [0.25, 0.3) is 0 Å². The van der Waals surface area contributed by atoms with Gasteiger partial charge in [0.05, 0.1) is 18.9 Å². The van der Waals surface area contributed by atoms with Crippen LogP contribution < -0.4 is 5.32 Å². The molecule has 0 saturated heterocycles. The van der Waals surface area contributed by atoms with Crippen molar-refractivity contribution in [2.24, 2.45) is 5.41 Å². The highest BCUT2D eigenvalue weighted by Crippen LogP contribution is 2.43. The van der Waals surface area contributed by atoms with E-state index in [0.717, 1.165) is 31.2 Å². The highest BCUT2D eigenvalue weighted by Gasteiger charge is 2.37. The molecule has 1 heterocycles. The molecule has 1 fully saturated rings. The standard InChI is InChI=1S/C14H19NO4/c16-12(15-9-11-3-6-19-10-11)7-14(8-13(17)18)4-1-2-5-14/h3,6,10H,1-2,4-5,7-9H2,(H,15,16)(H,17,18). The van der Waals surface area contributed by atoms with Gasteiger partial charge in [-0.25, -0.2) is 0 Å². The summed E-state index contributed by atoms with van der Waals surface area (Å²) in [5, 5.41) is 11.8. The zero-order valence-corrected chi connectivity index (χ0v) is 10.9. The first kappa shape index (κ1) is 13.6. The van der Waals surface area contributed by atoms with Gasteiger partial charge in [-0.1, -0.05) is 12.8 Å². The summed E-state index contributed by atoms with van der Waals surface area (Å²) in [6.45, 7) is 0.429. The lowest BCUT2D eigenvalue weighted by atomic mass is 9.79. The van der Waals surface area contributed by atoms with E-state index in [-0.39, 0.29) is 17.7 Å². The van der Waals surface area contributed by atoms with Crippen molar-refractivity contribution < 1.29 is 19.1 Å². The van der Waals surface area contributed by atoms with Gasteiger partial charge in [0, 0.05) is 18.5 Å². The van der Waals surface area contributed by atoms with Crippen molar-refractivity contribution in [1.82, 2.24) is 5.32 Å². The largest absolute Gasteiger partial charge is 0.481 e. The van der Waals surface area contributed by atoms with Crippen molar-refractivity contribution in [3.05, 3.63) is 24.2 Å². The SMILES string of the molecule is O=C(O)CC1(CC(=O)NCc2ccoc2)CCCC1. The van der Waals surface area contributed by atoms with E-state index >= 15 is 0 Å². The molecule has 1 amide bonds. The number of nitrogens with one attached hydrogen (secondary N) is 1. The number of carboxylic acids is 1. The number of aliphatic carboxylic acids is 1. The number of carboxylic acid groups (broad SMARTS) is 1. The number of carbonyl (C=O) groups is 2. The average Bonchev–Trinajstić information content (AvgIpc) is 2.97. The summed E-state index contributed by atoms with van der Waals surface area (Å²) in [7, 11) is 0. The lowest BCUT2D eigenvalue weighted by Gasteiger charge is -2.26. The Morgan fingerprint density at radius 1 is 1.32 bits per heavy atom. The van der Waals surface area contributed by atoms with E-state index in [2.05, 4.69) is 5.32 Å². The summed E-state index contributed by atoms with van der Waals surface area (Å²) >= 11 is 0. The fourth-order valence-corrected chi connectivity index (χ4v) is 2.86. The summed E-state index contributed by atoms with van der Waals surface area (Å²) in [4.78, 5) is 22.9. The van der Waals surface area contributed by atoms with E-state index in [1.807, 2.05) is 0 Å². The van der Waals surface area contributed by atoms with Crippen molar-refractivity contribution >= 4 is 11.9 Å². The van der Waals surface area contributed by atoms with Gasteiger partial charge in [0.15, 0.2) is 0 Å². The Labute approximate surface area is 112 Å². The third kappa shape index (κ3) is 3.84. The van der Waals surface area contributed by atoms with Crippen molar-refractivity contribution in [2.75, 3.05) is 0 Å². The van der Waals surface area contributed by atoms with Crippen molar-refractivity contribution in [3.8, 4) is 0 Å². The first-order valence-electron chi connectivity index (χ1n) is 6.59. The fraction of sp³-hybridized carbons (Fsp3) is 0.571. The van der Waals surface area contributed by atoms with Gasteiger partial charge in [-0.05, 0) is 24.3 Å². The molecule has 0 bridgehead atoms. The predicted molar refractivity (Wildman–Crippen MR) is 68.3 cm³/mol. The molecule has 1 aliphatic carbocycles. The molecule has 5 heteroatoms. The van der Waals surface area contributed by atoms with E-state index in [0.29, 0.717) is 13.0 Å². The number of amides is 1. The summed E-state index contributed by atoms with van der Waals surface area (Å²) in [5.74, 6) is -0.895. The van der Waals surface area contributed by atoms with E-state index in [4.69, 9.17) is 9.52 Å². The summed E-state index contributed by atoms with van der Waals surface area (Å²) < 4.78 is 4.92. The lowest BCUT2D eigenvalue weighted by Crippen LogP contribution is -2.31. The van der Waals surface area contributed by atoms with E-state index in [1.54, 1.807) is 18.6 Å². The molecule has 0 aliphatic heterocycles. The molecule has 2 N–H and O–H groups in total. The van der Waals surface area contributed by atoms with Crippen LogP contribution in [0.4, 0.5) is 0 Å². The second-order valence-corrected chi connectivity index (χ2v) is 5.36. The van der Waals surface area contributed by atoms with Crippen molar-refractivity contribution in [3.63, 3.8) is 0 Å². The summed E-state index contributed by atoms with van der Waals surface area (Å²) in [6, 6.07) is 1.79. The monoisotopic (exact) mass is 265 g/mol. The van der Waals surface area contributed by atoms with E-state index in [1.165, 1.54) is 0 Å². The molecule has 0 atom stereocenters. The van der Waals surface area contributed by atoms with Crippen LogP contribution in [0.3, 0.4) is 0 Å². The molecule has 104 valence electrons. The van der Waals surface area contributed by atoms with Gasteiger partial charge < -0.3 is 14.8 Å². The van der Waals surface area contributed by atoms with Crippen LogP contribution >= 0.6 is 0 Å². The maximum Gasteiger partial charge on any atom is 0.303 e. The minimum atomic E-state index is -0.815. The molecule has 19 heavy (non-hydrogen) atoms. The highest BCUT2D eigenvalue weighted by molar-refractivity contribution is 5.78. The van der Waals surface area contributed by atoms with Crippen LogP contribution in [0.5, 0.6) is 0 Å². The second-order valence-electron chi connectivity index (χ2n) is 5.36.